The molecule has 0 spiro atoms. The Balaban J connectivity index is 1.55. The summed E-state index contributed by atoms with van der Waals surface area (Å²) in [6.07, 6.45) is 0. The standard InChI is InChI=1S/C32H34O4S2/c1-31(2,3)25-11-19-29(20-12-25)37(33,34)27-15-7-23(8-16-27)24-9-17-28(18-10-24)38(35,36)30-21-13-26(14-22-30)32(4,5)6/h7-22H,1-6H3. The molecular weight excluding hydrogens is 512 g/mol. The summed E-state index contributed by atoms with van der Waals surface area (Å²) < 4.78 is 52.6. The predicted molar refractivity (Wildman–Crippen MR) is 153 cm³/mol. The van der Waals surface area contributed by atoms with E-state index < -0.39 is 19.7 Å². The highest BCUT2D eigenvalue weighted by molar-refractivity contribution is 7.91. The van der Waals surface area contributed by atoms with Gasteiger partial charge in [-0.3, -0.25) is 0 Å². The molecule has 38 heavy (non-hydrogen) atoms. The largest absolute Gasteiger partial charge is 0.219 e. The van der Waals surface area contributed by atoms with E-state index in [1.807, 2.05) is 24.3 Å². The molecule has 198 valence electrons. The van der Waals surface area contributed by atoms with Gasteiger partial charge in [-0.25, -0.2) is 16.8 Å². The Labute approximate surface area is 227 Å². The van der Waals surface area contributed by atoms with Crippen molar-refractivity contribution < 1.29 is 16.8 Å². The van der Waals surface area contributed by atoms with Crippen LogP contribution in [0.1, 0.15) is 52.7 Å². The van der Waals surface area contributed by atoms with Crippen LogP contribution in [0, 0.1) is 0 Å². The molecule has 0 amide bonds. The van der Waals surface area contributed by atoms with Crippen molar-refractivity contribution in [2.75, 3.05) is 0 Å². The summed E-state index contributed by atoms with van der Waals surface area (Å²) in [4.78, 5) is 0.928. The average molecular weight is 547 g/mol. The molecule has 0 atom stereocenters. The van der Waals surface area contributed by atoms with E-state index in [1.54, 1.807) is 72.8 Å². The third-order valence-electron chi connectivity index (χ3n) is 6.72. The lowest BCUT2D eigenvalue weighted by Crippen LogP contribution is -2.11. The second-order valence-electron chi connectivity index (χ2n) is 11.6. The van der Waals surface area contributed by atoms with E-state index in [9.17, 15) is 16.8 Å². The van der Waals surface area contributed by atoms with E-state index in [2.05, 4.69) is 41.5 Å². The topological polar surface area (TPSA) is 68.3 Å². The first kappa shape index (κ1) is 27.8. The van der Waals surface area contributed by atoms with E-state index in [4.69, 9.17) is 0 Å². The minimum absolute atomic E-state index is 0.0598. The molecule has 4 rings (SSSR count). The van der Waals surface area contributed by atoms with E-state index in [-0.39, 0.29) is 30.4 Å². The summed E-state index contributed by atoms with van der Waals surface area (Å²) in [6, 6.07) is 27.4. The van der Waals surface area contributed by atoms with Gasteiger partial charge in [0.15, 0.2) is 0 Å². The molecule has 0 radical (unpaired) electrons. The van der Waals surface area contributed by atoms with Crippen molar-refractivity contribution in [1.82, 2.24) is 0 Å². The van der Waals surface area contributed by atoms with Gasteiger partial charge in [0.1, 0.15) is 0 Å². The fourth-order valence-electron chi connectivity index (χ4n) is 4.19. The zero-order valence-corrected chi connectivity index (χ0v) is 24.3. The second-order valence-corrected chi connectivity index (χ2v) is 15.5. The first-order valence-electron chi connectivity index (χ1n) is 12.5. The van der Waals surface area contributed by atoms with Gasteiger partial charge in [0, 0.05) is 0 Å². The van der Waals surface area contributed by atoms with Crippen molar-refractivity contribution in [1.29, 1.82) is 0 Å². The molecular formula is C32H34O4S2. The van der Waals surface area contributed by atoms with Gasteiger partial charge in [-0.05, 0) is 81.6 Å². The highest BCUT2D eigenvalue weighted by Gasteiger charge is 2.21. The minimum Gasteiger partial charge on any atom is -0.219 e. The summed E-state index contributed by atoms with van der Waals surface area (Å²) in [5.74, 6) is 0. The van der Waals surface area contributed by atoms with Gasteiger partial charge in [-0.15, -0.1) is 0 Å². The highest BCUT2D eigenvalue weighted by atomic mass is 32.2. The third-order valence-corrected chi connectivity index (χ3v) is 10.3. The number of hydrogen-bond donors (Lipinski definition) is 0. The maximum absolute atomic E-state index is 13.1. The Morgan fingerprint density at radius 1 is 0.368 bits per heavy atom. The molecule has 0 aromatic heterocycles. The first-order valence-corrected chi connectivity index (χ1v) is 15.5. The van der Waals surface area contributed by atoms with E-state index >= 15 is 0 Å². The van der Waals surface area contributed by atoms with Crippen LogP contribution in [0.2, 0.25) is 0 Å². The maximum atomic E-state index is 13.1. The predicted octanol–water partition coefficient (Wildman–Crippen LogP) is 7.61. The van der Waals surface area contributed by atoms with Crippen LogP contribution >= 0.6 is 0 Å². The molecule has 0 N–H and O–H groups in total. The zero-order chi connectivity index (χ0) is 27.9. The monoisotopic (exact) mass is 546 g/mol. The molecule has 0 saturated heterocycles. The zero-order valence-electron chi connectivity index (χ0n) is 22.7. The summed E-state index contributed by atoms with van der Waals surface area (Å²) in [5, 5.41) is 0. The van der Waals surface area contributed by atoms with Crippen LogP contribution in [0.5, 0.6) is 0 Å². The Morgan fingerprint density at radius 3 is 0.789 bits per heavy atom. The highest BCUT2D eigenvalue weighted by Crippen LogP contribution is 2.30. The Kier molecular flexibility index (Phi) is 7.19. The molecule has 0 heterocycles. The van der Waals surface area contributed by atoms with Crippen LogP contribution < -0.4 is 0 Å². The number of rotatable bonds is 5. The van der Waals surface area contributed by atoms with Crippen molar-refractivity contribution >= 4 is 19.7 Å². The normalized spacial score (nSPS) is 12.9. The van der Waals surface area contributed by atoms with Gasteiger partial charge < -0.3 is 0 Å². The summed E-state index contributed by atoms with van der Waals surface area (Å²) in [6.45, 7) is 12.5. The third kappa shape index (κ3) is 5.62. The van der Waals surface area contributed by atoms with E-state index in [0.717, 1.165) is 22.3 Å². The fraction of sp³-hybridized carbons (Fsp3) is 0.250. The van der Waals surface area contributed by atoms with Crippen LogP contribution in [-0.4, -0.2) is 16.8 Å². The molecule has 0 aliphatic rings. The van der Waals surface area contributed by atoms with Gasteiger partial charge in [-0.1, -0.05) is 90.1 Å². The van der Waals surface area contributed by atoms with Crippen LogP contribution in [-0.2, 0) is 30.5 Å². The Hall–Kier alpha value is -3.22. The van der Waals surface area contributed by atoms with Crippen molar-refractivity contribution in [3.63, 3.8) is 0 Å². The van der Waals surface area contributed by atoms with Crippen LogP contribution in [0.3, 0.4) is 0 Å². The molecule has 4 nitrogen and oxygen atoms in total. The molecule has 0 bridgehead atoms. The smallest absolute Gasteiger partial charge is 0.206 e. The first-order chi connectivity index (χ1) is 17.6. The van der Waals surface area contributed by atoms with Crippen molar-refractivity contribution in [3.8, 4) is 11.1 Å². The van der Waals surface area contributed by atoms with Gasteiger partial charge in [-0.2, -0.15) is 0 Å². The van der Waals surface area contributed by atoms with Crippen molar-refractivity contribution in [2.45, 2.75) is 72.0 Å². The Bertz CT molecular complexity index is 1500. The molecule has 0 unspecified atom stereocenters. The van der Waals surface area contributed by atoms with Crippen LogP contribution in [0.15, 0.2) is 117 Å². The number of sulfone groups is 2. The van der Waals surface area contributed by atoms with Crippen molar-refractivity contribution in [2.24, 2.45) is 0 Å². The molecule has 6 heteroatoms. The van der Waals surface area contributed by atoms with Gasteiger partial charge in [0.05, 0.1) is 19.6 Å². The summed E-state index contributed by atoms with van der Waals surface area (Å²) >= 11 is 0. The van der Waals surface area contributed by atoms with E-state index in [1.165, 1.54) is 0 Å². The molecule has 4 aromatic carbocycles. The lowest BCUT2D eigenvalue weighted by molar-refractivity contribution is 0.586. The molecule has 0 aliphatic carbocycles. The summed E-state index contributed by atoms with van der Waals surface area (Å²) in [5.41, 5.74) is 3.61. The fourth-order valence-corrected chi connectivity index (χ4v) is 6.72. The lowest BCUT2D eigenvalue weighted by atomic mass is 9.87. The molecule has 4 aromatic rings. The SMILES string of the molecule is CC(C)(C)c1ccc(S(=O)(=O)c2ccc(-c3ccc(S(=O)(=O)c4ccc(C(C)(C)C)cc4)cc3)cc2)cc1. The van der Waals surface area contributed by atoms with Gasteiger partial charge >= 0.3 is 0 Å². The van der Waals surface area contributed by atoms with E-state index in [0.29, 0.717) is 0 Å². The van der Waals surface area contributed by atoms with Crippen LogP contribution in [0.25, 0.3) is 11.1 Å². The Morgan fingerprint density at radius 2 is 0.579 bits per heavy atom. The summed E-state index contributed by atoms with van der Waals surface area (Å²) in [7, 11) is -7.30. The average Bonchev–Trinajstić information content (AvgIpc) is 2.88. The maximum Gasteiger partial charge on any atom is 0.206 e. The molecule has 0 fully saturated rings. The van der Waals surface area contributed by atoms with Gasteiger partial charge in [0.2, 0.25) is 19.7 Å². The number of hydrogen-bond acceptors (Lipinski definition) is 4. The molecule has 0 aliphatic heterocycles. The lowest BCUT2D eigenvalue weighted by Gasteiger charge is -2.19. The molecule has 0 saturated carbocycles. The minimum atomic E-state index is -3.65. The number of benzene rings is 4. The quantitative estimate of drug-likeness (QED) is 0.258. The van der Waals surface area contributed by atoms with Crippen LogP contribution in [0.4, 0.5) is 0 Å². The van der Waals surface area contributed by atoms with Crippen molar-refractivity contribution in [3.05, 3.63) is 108 Å². The van der Waals surface area contributed by atoms with Gasteiger partial charge in [0.25, 0.3) is 0 Å². The second kappa shape index (κ2) is 9.83.